The zero-order valence-electron chi connectivity index (χ0n) is 16.5. The van der Waals surface area contributed by atoms with Crippen molar-refractivity contribution in [3.05, 3.63) is 71.2 Å². The first kappa shape index (κ1) is 20.6. The molecule has 2 aromatic heterocycles. The third kappa shape index (κ3) is 4.55. The minimum atomic E-state index is -0.0704. The van der Waals surface area contributed by atoms with Gasteiger partial charge in [0.15, 0.2) is 5.13 Å². The number of aryl methyl sites for hydroxylation is 1. The van der Waals surface area contributed by atoms with Crippen LogP contribution in [-0.4, -0.2) is 33.6 Å². The van der Waals surface area contributed by atoms with Crippen LogP contribution in [0, 0.1) is 0 Å². The number of thiazole rings is 1. The average Bonchev–Trinajstić information content (AvgIpc) is 3.41. The first-order valence-electron chi connectivity index (χ1n) is 9.71. The Labute approximate surface area is 187 Å². The second kappa shape index (κ2) is 9.40. The summed E-state index contributed by atoms with van der Waals surface area (Å²) in [5.74, 6) is 0.671. The summed E-state index contributed by atoms with van der Waals surface area (Å²) in [7, 11) is 0. The highest BCUT2D eigenvalue weighted by molar-refractivity contribution is 9.10. The van der Waals surface area contributed by atoms with Crippen LogP contribution in [0.3, 0.4) is 0 Å². The van der Waals surface area contributed by atoms with Crippen LogP contribution in [0.4, 0.5) is 5.13 Å². The van der Waals surface area contributed by atoms with E-state index in [4.69, 9.17) is 9.72 Å². The van der Waals surface area contributed by atoms with E-state index in [0.29, 0.717) is 23.8 Å². The van der Waals surface area contributed by atoms with Gasteiger partial charge in [-0.05, 0) is 43.7 Å². The minimum absolute atomic E-state index is 0.0704. The number of amides is 1. The lowest BCUT2D eigenvalue weighted by atomic mass is 10.2. The number of para-hydroxylation sites is 1. The fraction of sp³-hybridized carbons (Fsp3) is 0.227. The van der Waals surface area contributed by atoms with Crippen LogP contribution in [0.5, 0.6) is 5.75 Å². The average molecular weight is 485 g/mol. The molecular weight excluding hydrogens is 464 g/mol. The molecule has 30 heavy (non-hydrogen) atoms. The summed E-state index contributed by atoms with van der Waals surface area (Å²) in [4.78, 5) is 24.0. The smallest absolute Gasteiger partial charge is 0.260 e. The van der Waals surface area contributed by atoms with E-state index in [1.807, 2.05) is 60.2 Å². The van der Waals surface area contributed by atoms with E-state index in [1.54, 1.807) is 17.4 Å². The van der Waals surface area contributed by atoms with Crippen molar-refractivity contribution in [1.82, 2.24) is 14.5 Å². The number of ether oxygens (including phenoxy) is 1. The molecule has 0 radical (unpaired) electrons. The number of halogens is 1. The summed E-state index contributed by atoms with van der Waals surface area (Å²) in [6.07, 6.45) is 6.25. The summed E-state index contributed by atoms with van der Waals surface area (Å²) in [6, 6.07) is 13.3. The van der Waals surface area contributed by atoms with E-state index in [-0.39, 0.29) is 5.91 Å². The highest BCUT2D eigenvalue weighted by Gasteiger charge is 2.22. The van der Waals surface area contributed by atoms with Gasteiger partial charge in [-0.25, -0.2) is 9.97 Å². The fourth-order valence-corrected chi connectivity index (χ4v) is 4.60. The van der Waals surface area contributed by atoms with Gasteiger partial charge < -0.3 is 9.30 Å². The molecule has 6 nitrogen and oxygen atoms in total. The number of aromatic nitrogens is 3. The summed E-state index contributed by atoms with van der Waals surface area (Å²) >= 11 is 4.96. The molecule has 0 saturated carbocycles. The number of nitrogens with zero attached hydrogens (tertiary/aromatic N) is 4. The van der Waals surface area contributed by atoms with Crippen molar-refractivity contribution in [2.24, 2.45) is 0 Å². The van der Waals surface area contributed by atoms with Crippen molar-refractivity contribution in [1.29, 1.82) is 0 Å². The quantitative estimate of drug-likeness (QED) is 0.336. The van der Waals surface area contributed by atoms with Crippen molar-refractivity contribution >= 4 is 48.5 Å². The van der Waals surface area contributed by atoms with Gasteiger partial charge in [0, 0.05) is 35.5 Å². The lowest BCUT2D eigenvalue weighted by Gasteiger charge is -2.20. The number of carbonyl (C=O) groups is 1. The Morgan fingerprint density at radius 1 is 1.27 bits per heavy atom. The monoisotopic (exact) mass is 484 g/mol. The van der Waals surface area contributed by atoms with Crippen molar-refractivity contribution < 1.29 is 9.53 Å². The molecule has 2 aromatic carbocycles. The lowest BCUT2D eigenvalue weighted by Crippen LogP contribution is -2.32. The Kier molecular flexibility index (Phi) is 6.44. The third-order valence-corrected chi connectivity index (χ3v) is 6.11. The van der Waals surface area contributed by atoms with Gasteiger partial charge in [0.05, 0.1) is 17.6 Å². The molecule has 4 aromatic rings. The van der Waals surface area contributed by atoms with Crippen molar-refractivity contribution in [2.45, 2.75) is 19.9 Å². The van der Waals surface area contributed by atoms with Gasteiger partial charge in [-0.2, -0.15) is 0 Å². The Morgan fingerprint density at radius 2 is 2.13 bits per heavy atom. The van der Waals surface area contributed by atoms with Gasteiger partial charge >= 0.3 is 0 Å². The SMILES string of the molecule is CCOc1cccc2sc(N(CCCn3ccnc3)C(=O)c3cccc(Br)c3)nc12. The number of benzene rings is 2. The van der Waals surface area contributed by atoms with Crippen molar-refractivity contribution in [3.8, 4) is 5.75 Å². The predicted octanol–water partition coefficient (Wildman–Crippen LogP) is 5.39. The maximum Gasteiger partial charge on any atom is 0.260 e. The number of hydrogen-bond acceptors (Lipinski definition) is 5. The molecule has 4 rings (SSSR count). The van der Waals surface area contributed by atoms with Gasteiger partial charge in [0.25, 0.3) is 5.91 Å². The van der Waals surface area contributed by atoms with Crippen LogP contribution < -0.4 is 9.64 Å². The number of anilines is 1. The molecule has 0 saturated heterocycles. The Balaban J connectivity index is 1.66. The van der Waals surface area contributed by atoms with Crippen molar-refractivity contribution in [3.63, 3.8) is 0 Å². The number of carbonyl (C=O) groups excluding carboxylic acids is 1. The van der Waals surface area contributed by atoms with Crippen LogP contribution in [0.1, 0.15) is 23.7 Å². The first-order valence-corrected chi connectivity index (χ1v) is 11.3. The van der Waals surface area contributed by atoms with E-state index in [9.17, 15) is 4.79 Å². The lowest BCUT2D eigenvalue weighted by molar-refractivity contribution is 0.0986. The van der Waals surface area contributed by atoms with Gasteiger partial charge in [0.1, 0.15) is 11.3 Å². The molecule has 2 heterocycles. The molecule has 0 atom stereocenters. The van der Waals surface area contributed by atoms with Crippen molar-refractivity contribution in [2.75, 3.05) is 18.1 Å². The molecule has 0 aliphatic rings. The zero-order valence-corrected chi connectivity index (χ0v) is 18.9. The highest BCUT2D eigenvalue weighted by Crippen LogP contribution is 2.35. The summed E-state index contributed by atoms with van der Waals surface area (Å²) in [5.41, 5.74) is 1.41. The molecule has 0 N–H and O–H groups in total. The van der Waals surface area contributed by atoms with Gasteiger partial charge in [-0.15, -0.1) is 0 Å². The summed E-state index contributed by atoms with van der Waals surface area (Å²) in [5, 5.41) is 0.674. The Bertz CT molecular complexity index is 1140. The number of fused-ring (bicyclic) bond motifs is 1. The Morgan fingerprint density at radius 3 is 2.90 bits per heavy atom. The number of imidazole rings is 1. The molecule has 8 heteroatoms. The second-order valence-corrected chi connectivity index (χ2v) is 8.58. The Hall–Kier alpha value is -2.71. The predicted molar refractivity (Wildman–Crippen MR) is 123 cm³/mol. The molecule has 1 amide bonds. The molecule has 0 aliphatic carbocycles. The van der Waals surface area contributed by atoms with Crippen LogP contribution in [0.25, 0.3) is 10.2 Å². The largest absolute Gasteiger partial charge is 0.492 e. The summed E-state index contributed by atoms with van der Waals surface area (Å²) < 4.78 is 9.60. The van der Waals surface area contributed by atoms with E-state index in [0.717, 1.165) is 33.4 Å². The molecule has 0 bridgehead atoms. The third-order valence-electron chi connectivity index (χ3n) is 4.58. The van der Waals surface area contributed by atoms with E-state index >= 15 is 0 Å². The van der Waals surface area contributed by atoms with Gasteiger partial charge in [-0.1, -0.05) is 39.4 Å². The molecular formula is C22H21BrN4O2S. The molecule has 0 spiro atoms. The highest BCUT2D eigenvalue weighted by atomic mass is 79.9. The van der Waals surface area contributed by atoms with Crippen LogP contribution in [-0.2, 0) is 6.54 Å². The number of rotatable bonds is 8. The zero-order chi connectivity index (χ0) is 20.9. The fourth-order valence-electron chi connectivity index (χ4n) is 3.19. The van der Waals surface area contributed by atoms with Crippen LogP contribution in [0.15, 0.2) is 65.7 Å². The minimum Gasteiger partial charge on any atom is -0.492 e. The summed E-state index contributed by atoms with van der Waals surface area (Å²) in [6.45, 7) is 3.84. The number of hydrogen-bond donors (Lipinski definition) is 0. The maximum atomic E-state index is 13.4. The normalized spacial score (nSPS) is 11.0. The van der Waals surface area contributed by atoms with E-state index in [1.165, 1.54) is 11.3 Å². The van der Waals surface area contributed by atoms with Gasteiger partial charge in [0.2, 0.25) is 0 Å². The maximum absolute atomic E-state index is 13.4. The van der Waals surface area contributed by atoms with Crippen LogP contribution in [0.2, 0.25) is 0 Å². The second-order valence-electron chi connectivity index (χ2n) is 6.65. The standard InChI is InChI=1S/C22H21BrN4O2S/c1-2-29-18-8-4-9-19-20(18)25-22(30-19)27(12-5-11-26-13-10-24-15-26)21(28)16-6-3-7-17(23)14-16/h3-4,6-10,13-15H,2,5,11-12H2,1H3. The van der Waals surface area contributed by atoms with E-state index < -0.39 is 0 Å². The van der Waals surface area contributed by atoms with Gasteiger partial charge in [-0.3, -0.25) is 9.69 Å². The molecule has 0 fully saturated rings. The van der Waals surface area contributed by atoms with E-state index in [2.05, 4.69) is 20.9 Å². The molecule has 0 unspecified atom stereocenters. The first-order chi connectivity index (χ1) is 14.7. The molecule has 0 aliphatic heterocycles. The molecule has 154 valence electrons. The topological polar surface area (TPSA) is 60.2 Å². The van der Waals surface area contributed by atoms with Crippen LogP contribution >= 0.6 is 27.3 Å².